The van der Waals surface area contributed by atoms with Gasteiger partial charge < -0.3 is 30.2 Å². The zero-order chi connectivity index (χ0) is 28.8. The van der Waals surface area contributed by atoms with Gasteiger partial charge in [-0.05, 0) is 37.7 Å². The Kier molecular flexibility index (Phi) is 13.4. The molecule has 3 amide bonds. The Hall–Kier alpha value is -3.51. The molecule has 2 atom stereocenters. The minimum absolute atomic E-state index is 0.0145. The Balaban J connectivity index is 1.95. The SMILES string of the molecule is CCOC(=O)CNC(CC(C)C)C(=O)N1CCC[C@H]1C(=O)NCc1ccc(C(N)=NC(=O)OCCOC)cc1. The first-order valence-corrected chi connectivity index (χ1v) is 13.2. The van der Waals surface area contributed by atoms with Gasteiger partial charge in [-0.3, -0.25) is 19.7 Å². The maximum atomic E-state index is 13.4. The number of amidine groups is 1. The van der Waals surface area contributed by atoms with E-state index in [-0.39, 0.29) is 56.5 Å². The molecule has 0 spiro atoms. The molecule has 4 N–H and O–H groups in total. The molecule has 12 nitrogen and oxygen atoms in total. The first-order valence-electron chi connectivity index (χ1n) is 13.2. The number of nitrogens with one attached hydrogen (secondary N) is 2. The molecule has 1 aliphatic rings. The molecule has 216 valence electrons. The molecule has 12 heteroatoms. The molecular weight excluding hydrogens is 506 g/mol. The van der Waals surface area contributed by atoms with E-state index in [2.05, 4.69) is 15.6 Å². The Bertz CT molecular complexity index is 997. The van der Waals surface area contributed by atoms with Gasteiger partial charge in [0.15, 0.2) is 0 Å². The predicted molar refractivity (Wildman–Crippen MR) is 145 cm³/mol. The normalized spacial score (nSPS) is 16.2. The van der Waals surface area contributed by atoms with E-state index in [4.69, 9.17) is 19.9 Å². The molecule has 1 unspecified atom stereocenters. The highest BCUT2D eigenvalue weighted by Gasteiger charge is 2.37. The van der Waals surface area contributed by atoms with Gasteiger partial charge in [0.05, 0.1) is 25.8 Å². The number of hydrogen-bond donors (Lipinski definition) is 3. The van der Waals surface area contributed by atoms with Crippen molar-refractivity contribution < 1.29 is 33.4 Å². The Labute approximate surface area is 229 Å². The van der Waals surface area contributed by atoms with Gasteiger partial charge in [-0.15, -0.1) is 0 Å². The summed E-state index contributed by atoms with van der Waals surface area (Å²) in [6, 6.07) is 5.76. The number of benzene rings is 1. The van der Waals surface area contributed by atoms with Crippen LogP contribution in [0.2, 0.25) is 0 Å². The molecule has 0 aromatic heterocycles. The average molecular weight is 548 g/mol. The molecule has 1 saturated heterocycles. The van der Waals surface area contributed by atoms with Crippen LogP contribution in [-0.2, 0) is 35.1 Å². The van der Waals surface area contributed by atoms with Gasteiger partial charge in [-0.2, -0.15) is 4.99 Å². The number of nitrogens with two attached hydrogens (primary N) is 1. The second-order valence-electron chi connectivity index (χ2n) is 9.58. The molecule has 0 radical (unpaired) electrons. The van der Waals surface area contributed by atoms with Crippen LogP contribution in [0.4, 0.5) is 4.79 Å². The summed E-state index contributed by atoms with van der Waals surface area (Å²) in [5.74, 6) is -0.618. The van der Waals surface area contributed by atoms with Crippen LogP contribution in [0.3, 0.4) is 0 Å². The number of aliphatic imine (C=N–C) groups is 1. The molecule has 0 bridgehead atoms. The van der Waals surface area contributed by atoms with Gasteiger partial charge in [0.2, 0.25) is 11.8 Å². The van der Waals surface area contributed by atoms with E-state index in [0.717, 1.165) is 12.0 Å². The van der Waals surface area contributed by atoms with Crippen LogP contribution in [-0.4, -0.2) is 86.7 Å². The van der Waals surface area contributed by atoms with Crippen LogP contribution in [0.25, 0.3) is 0 Å². The molecule has 0 saturated carbocycles. The molecule has 1 aromatic rings. The number of likely N-dealkylation sites (tertiary alicyclic amines) is 1. The van der Waals surface area contributed by atoms with E-state index in [9.17, 15) is 19.2 Å². The highest BCUT2D eigenvalue weighted by atomic mass is 16.6. The number of ether oxygens (including phenoxy) is 3. The molecular formula is C27H41N5O7. The van der Waals surface area contributed by atoms with Crippen LogP contribution >= 0.6 is 0 Å². The summed E-state index contributed by atoms with van der Waals surface area (Å²) >= 11 is 0. The highest BCUT2D eigenvalue weighted by molar-refractivity contribution is 6.02. The quantitative estimate of drug-likeness (QED) is 0.135. The van der Waals surface area contributed by atoms with Crippen LogP contribution < -0.4 is 16.4 Å². The van der Waals surface area contributed by atoms with Crippen molar-refractivity contribution in [2.45, 2.75) is 58.7 Å². The number of rotatable bonds is 14. The zero-order valence-electron chi connectivity index (χ0n) is 23.2. The largest absolute Gasteiger partial charge is 0.465 e. The summed E-state index contributed by atoms with van der Waals surface area (Å²) in [6.07, 6.45) is 1.02. The van der Waals surface area contributed by atoms with Crippen molar-refractivity contribution in [2.75, 3.05) is 40.0 Å². The number of esters is 1. The molecule has 39 heavy (non-hydrogen) atoms. The van der Waals surface area contributed by atoms with Crippen molar-refractivity contribution in [1.82, 2.24) is 15.5 Å². The lowest BCUT2D eigenvalue weighted by atomic mass is 10.0. The fourth-order valence-electron chi connectivity index (χ4n) is 4.17. The van der Waals surface area contributed by atoms with Crippen LogP contribution in [0.1, 0.15) is 51.2 Å². The number of amides is 3. The predicted octanol–water partition coefficient (Wildman–Crippen LogP) is 1.35. The van der Waals surface area contributed by atoms with Crippen molar-refractivity contribution >= 4 is 29.7 Å². The van der Waals surface area contributed by atoms with Gasteiger partial charge in [0, 0.05) is 25.8 Å². The van der Waals surface area contributed by atoms with Crippen LogP contribution in [0, 0.1) is 5.92 Å². The first-order chi connectivity index (χ1) is 18.7. The van der Waals surface area contributed by atoms with E-state index in [1.54, 1.807) is 36.1 Å². The Morgan fingerprint density at radius 2 is 1.85 bits per heavy atom. The number of carbonyl (C=O) groups is 4. The van der Waals surface area contributed by atoms with E-state index < -0.39 is 24.1 Å². The molecule has 1 aliphatic heterocycles. The maximum Gasteiger partial charge on any atom is 0.435 e. The van der Waals surface area contributed by atoms with Crippen molar-refractivity contribution in [2.24, 2.45) is 16.6 Å². The first kappa shape index (κ1) is 31.7. The van der Waals surface area contributed by atoms with E-state index in [1.807, 2.05) is 13.8 Å². The number of methoxy groups -OCH3 is 1. The van der Waals surface area contributed by atoms with E-state index >= 15 is 0 Å². The molecule has 1 fully saturated rings. The molecule has 2 rings (SSSR count). The summed E-state index contributed by atoms with van der Waals surface area (Å²) in [5.41, 5.74) is 7.23. The van der Waals surface area contributed by atoms with Crippen LogP contribution in [0.5, 0.6) is 0 Å². The topological polar surface area (TPSA) is 162 Å². The highest BCUT2D eigenvalue weighted by Crippen LogP contribution is 2.20. The number of carbonyl (C=O) groups excluding carboxylic acids is 4. The number of hydrogen-bond acceptors (Lipinski definition) is 8. The monoisotopic (exact) mass is 547 g/mol. The Morgan fingerprint density at radius 1 is 1.13 bits per heavy atom. The third kappa shape index (κ3) is 10.6. The summed E-state index contributed by atoms with van der Waals surface area (Å²) < 4.78 is 14.6. The standard InChI is InChI=1S/C27H41N5O7/c1-5-38-23(33)17-29-21(15-18(2)3)26(35)32-12-6-7-22(32)25(34)30-16-19-8-10-20(11-9-19)24(28)31-27(36)39-14-13-37-4/h8-11,18,21-22,29H,5-7,12-17H2,1-4H3,(H,30,34)(H2,28,31,36)/t21?,22-/m0/s1. The molecule has 0 aliphatic carbocycles. The summed E-state index contributed by atoms with van der Waals surface area (Å²) in [5, 5.41) is 5.92. The minimum Gasteiger partial charge on any atom is -0.465 e. The second kappa shape index (κ2) is 16.5. The summed E-state index contributed by atoms with van der Waals surface area (Å²) in [6.45, 7) is 7.01. The maximum absolute atomic E-state index is 13.4. The minimum atomic E-state index is -0.803. The van der Waals surface area contributed by atoms with E-state index in [0.29, 0.717) is 24.9 Å². The lowest BCUT2D eigenvalue weighted by Gasteiger charge is -2.29. The van der Waals surface area contributed by atoms with Crippen molar-refractivity contribution in [3.63, 3.8) is 0 Å². The molecule has 1 aromatic carbocycles. The van der Waals surface area contributed by atoms with Gasteiger partial charge in [-0.1, -0.05) is 38.1 Å². The van der Waals surface area contributed by atoms with Gasteiger partial charge in [-0.25, -0.2) is 4.79 Å². The van der Waals surface area contributed by atoms with Crippen molar-refractivity contribution in [3.05, 3.63) is 35.4 Å². The fraction of sp³-hybridized carbons (Fsp3) is 0.593. The molecule has 1 heterocycles. The lowest BCUT2D eigenvalue weighted by Crippen LogP contribution is -2.53. The summed E-state index contributed by atoms with van der Waals surface area (Å²) in [4.78, 5) is 55.2. The van der Waals surface area contributed by atoms with Crippen LogP contribution in [0.15, 0.2) is 29.3 Å². The van der Waals surface area contributed by atoms with E-state index in [1.165, 1.54) is 7.11 Å². The van der Waals surface area contributed by atoms with Gasteiger partial charge in [0.25, 0.3) is 0 Å². The third-order valence-electron chi connectivity index (χ3n) is 6.08. The fourth-order valence-corrected chi connectivity index (χ4v) is 4.17. The third-order valence-corrected chi connectivity index (χ3v) is 6.08. The lowest BCUT2D eigenvalue weighted by molar-refractivity contribution is -0.143. The van der Waals surface area contributed by atoms with Gasteiger partial charge >= 0.3 is 12.1 Å². The van der Waals surface area contributed by atoms with Gasteiger partial charge in [0.1, 0.15) is 18.5 Å². The van der Waals surface area contributed by atoms with Crippen molar-refractivity contribution in [3.8, 4) is 0 Å². The average Bonchev–Trinajstić information content (AvgIpc) is 3.40. The zero-order valence-corrected chi connectivity index (χ0v) is 23.2. The second-order valence-corrected chi connectivity index (χ2v) is 9.58. The Morgan fingerprint density at radius 3 is 2.49 bits per heavy atom. The van der Waals surface area contributed by atoms with Crippen molar-refractivity contribution in [1.29, 1.82) is 0 Å². The summed E-state index contributed by atoms with van der Waals surface area (Å²) in [7, 11) is 1.50. The smallest absolute Gasteiger partial charge is 0.435 e. The number of nitrogens with zero attached hydrogens (tertiary/aromatic N) is 2.